The number of halogens is 1. The average molecular weight is 304 g/mol. The van der Waals surface area contributed by atoms with Crippen LogP contribution in [0.5, 0.6) is 0 Å². The van der Waals surface area contributed by atoms with Crippen LogP contribution in [0.2, 0.25) is 5.02 Å². The number of amides is 1. The second-order valence-electron chi connectivity index (χ2n) is 4.81. The maximum absolute atomic E-state index is 12.2. The van der Waals surface area contributed by atoms with Crippen molar-refractivity contribution < 1.29 is 14.7 Å². The first-order valence-corrected chi connectivity index (χ1v) is 6.67. The highest BCUT2D eigenvalue weighted by Gasteiger charge is 2.12. The van der Waals surface area contributed by atoms with E-state index >= 15 is 0 Å². The molecule has 0 atom stereocenters. The second-order valence-corrected chi connectivity index (χ2v) is 5.24. The van der Waals surface area contributed by atoms with Crippen molar-refractivity contribution in [1.29, 1.82) is 0 Å². The molecule has 0 fully saturated rings. The zero-order valence-corrected chi connectivity index (χ0v) is 12.4. The molecule has 5 heteroatoms. The Morgan fingerprint density at radius 1 is 1.10 bits per heavy atom. The maximum atomic E-state index is 12.2. The van der Waals surface area contributed by atoms with Gasteiger partial charge in [-0.1, -0.05) is 29.3 Å². The van der Waals surface area contributed by atoms with Crippen LogP contribution < -0.4 is 5.32 Å². The van der Waals surface area contributed by atoms with Gasteiger partial charge in [0.25, 0.3) is 5.91 Å². The fourth-order valence-electron chi connectivity index (χ4n) is 2.05. The van der Waals surface area contributed by atoms with Crippen molar-refractivity contribution in [1.82, 2.24) is 0 Å². The molecule has 108 valence electrons. The summed E-state index contributed by atoms with van der Waals surface area (Å²) in [4.78, 5) is 23.2. The van der Waals surface area contributed by atoms with Crippen LogP contribution in [0.25, 0.3) is 0 Å². The number of carboxylic acid groups (broad SMARTS) is 1. The molecule has 0 heterocycles. The summed E-state index contributed by atoms with van der Waals surface area (Å²) in [5.74, 6) is -1.40. The topological polar surface area (TPSA) is 66.4 Å². The molecule has 0 saturated heterocycles. The SMILES string of the molecule is Cc1ccc(C(=O)Nc2cc(Cl)cc(C(=O)O)c2)c(C)c1. The van der Waals surface area contributed by atoms with Gasteiger partial charge in [0.1, 0.15) is 0 Å². The first kappa shape index (κ1) is 15.1. The van der Waals surface area contributed by atoms with E-state index in [1.807, 2.05) is 26.0 Å². The van der Waals surface area contributed by atoms with Crippen molar-refractivity contribution in [3.63, 3.8) is 0 Å². The number of aromatic carboxylic acids is 1. The zero-order chi connectivity index (χ0) is 15.6. The molecule has 2 aromatic carbocycles. The van der Waals surface area contributed by atoms with Crippen molar-refractivity contribution in [2.45, 2.75) is 13.8 Å². The highest BCUT2D eigenvalue weighted by Crippen LogP contribution is 2.20. The number of anilines is 1. The van der Waals surface area contributed by atoms with Crippen LogP contribution in [0, 0.1) is 13.8 Å². The van der Waals surface area contributed by atoms with Gasteiger partial charge in [-0.2, -0.15) is 0 Å². The van der Waals surface area contributed by atoms with Crippen LogP contribution in [0.15, 0.2) is 36.4 Å². The van der Waals surface area contributed by atoms with Gasteiger partial charge in [0.15, 0.2) is 0 Å². The standard InChI is InChI=1S/C16H14ClNO3/c1-9-3-4-14(10(2)5-9)15(19)18-13-7-11(16(20)21)6-12(17)8-13/h3-8H,1-2H3,(H,18,19)(H,20,21). The number of carboxylic acids is 1. The van der Waals surface area contributed by atoms with Crippen molar-refractivity contribution in [2.24, 2.45) is 0 Å². The summed E-state index contributed by atoms with van der Waals surface area (Å²) in [5, 5.41) is 11.9. The van der Waals surface area contributed by atoms with Gasteiger partial charge >= 0.3 is 5.97 Å². The molecule has 21 heavy (non-hydrogen) atoms. The highest BCUT2D eigenvalue weighted by atomic mass is 35.5. The molecule has 2 N–H and O–H groups in total. The minimum atomic E-state index is -1.10. The highest BCUT2D eigenvalue weighted by molar-refractivity contribution is 6.31. The number of rotatable bonds is 3. The van der Waals surface area contributed by atoms with E-state index in [-0.39, 0.29) is 16.5 Å². The van der Waals surface area contributed by atoms with Crippen LogP contribution in [0.1, 0.15) is 31.8 Å². The van der Waals surface area contributed by atoms with E-state index in [0.717, 1.165) is 11.1 Å². The number of carbonyl (C=O) groups excluding carboxylic acids is 1. The molecule has 0 saturated carbocycles. The predicted octanol–water partition coefficient (Wildman–Crippen LogP) is 3.91. The van der Waals surface area contributed by atoms with E-state index in [2.05, 4.69) is 5.32 Å². The fourth-order valence-corrected chi connectivity index (χ4v) is 2.29. The third kappa shape index (κ3) is 3.61. The number of carbonyl (C=O) groups is 2. The number of nitrogens with one attached hydrogen (secondary N) is 1. The number of hydrogen-bond acceptors (Lipinski definition) is 2. The maximum Gasteiger partial charge on any atom is 0.335 e. The molecule has 0 aliphatic carbocycles. The van der Waals surface area contributed by atoms with Crippen LogP contribution >= 0.6 is 11.6 Å². The summed E-state index contributed by atoms with van der Waals surface area (Å²) < 4.78 is 0. The van der Waals surface area contributed by atoms with E-state index in [1.54, 1.807) is 6.07 Å². The molecule has 0 aliphatic rings. The summed E-state index contributed by atoms with van der Waals surface area (Å²) in [6.07, 6.45) is 0. The first-order chi connectivity index (χ1) is 9.86. The Morgan fingerprint density at radius 3 is 2.43 bits per heavy atom. The van der Waals surface area contributed by atoms with Crippen molar-refractivity contribution in [3.8, 4) is 0 Å². The molecule has 2 rings (SSSR count). The van der Waals surface area contributed by atoms with Crippen molar-refractivity contribution >= 4 is 29.2 Å². The normalized spacial score (nSPS) is 10.2. The minimum absolute atomic E-state index is 0.0263. The Labute approximate surface area is 127 Å². The molecule has 0 aromatic heterocycles. The Balaban J connectivity index is 2.29. The first-order valence-electron chi connectivity index (χ1n) is 6.29. The second kappa shape index (κ2) is 5.97. The van der Waals surface area contributed by atoms with Gasteiger partial charge in [-0.25, -0.2) is 4.79 Å². The summed E-state index contributed by atoms with van der Waals surface area (Å²) >= 11 is 5.86. The third-order valence-corrected chi connectivity index (χ3v) is 3.25. The molecule has 0 aliphatic heterocycles. The molecule has 0 unspecified atom stereocenters. The van der Waals surface area contributed by atoms with Crippen LogP contribution in [-0.4, -0.2) is 17.0 Å². The van der Waals surface area contributed by atoms with Gasteiger partial charge in [-0.15, -0.1) is 0 Å². The fraction of sp³-hybridized carbons (Fsp3) is 0.125. The Kier molecular flexibility index (Phi) is 4.29. The van der Waals surface area contributed by atoms with E-state index in [0.29, 0.717) is 11.3 Å². The quantitative estimate of drug-likeness (QED) is 0.903. The van der Waals surface area contributed by atoms with Gasteiger partial charge in [-0.05, 0) is 43.7 Å². The molecule has 4 nitrogen and oxygen atoms in total. The molecule has 1 amide bonds. The Morgan fingerprint density at radius 2 is 1.81 bits per heavy atom. The number of hydrogen-bond donors (Lipinski definition) is 2. The smallest absolute Gasteiger partial charge is 0.335 e. The van der Waals surface area contributed by atoms with E-state index in [9.17, 15) is 9.59 Å². The van der Waals surface area contributed by atoms with E-state index in [1.165, 1.54) is 18.2 Å². The number of aryl methyl sites for hydroxylation is 2. The van der Waals surface area contributed by atoms with Gasteiger partial charge in [0.2, 0.25) is 0 Å². The van der Waals surface area contributed by atoms with Gasteiger partial charge in [-0.3, -0.25) is 4.79 Å². The van der Waals surface area contributed by atoms with Crippen LogP contribution in [-0.2, 0) is 0 Å². The molecule has 0 radical (unpaired) electrons. The van der Waals surface area contributed by atoms with Gasteiger partial charge in [0, 0.05) is 16.3 Å². The molecular formula is C16H14ClNO3. The predicted molar refractivity (Wildman–Crippen MR) is 82.3 cm³/mol. The molecular weight excluding hydrogens is 290 g/mol. The van der Waals surface area contributed by atoms with Gasteiger partial charge in [0.05, 0.1) is 5.56 Å². The average Bonchev–Trinajstić information content (AvgIpc) is 2.37. The lowest BCUT2D eigenvalue weighted by atomic mass is 10.1. The summed E-state index contributed by atoms with van der Waals surface area (Å²) in [5.41, 5.74) is 2.84. The third-order valence-electron chi connectivity index (χ3n) is 3.03. The van der Waals surface area contributed by atoms with Crippen LogP contribution in [0.4, 0.5) is 5.69 Å². The van der Waals surface area contributed by atoms with Crippen LogP contribution in [0.3, 0.4) is 0 Å². The zero-order valence-electron chi connectivity index (χ0n) is 11.6. The Bertz CT molecular complexity index is 725. The van der Waals surface area contributed by atoms with Crippen molar-refractivity contribution in [2.75, 3.05) is 5.32 Å². The van der Waals surface area contributed by atoms with E-state index < -0.39 is 5.97 Å². The lowest BCUT2D eigenvalue weighted by Gasteiger charge is -2.09. The summed E-state index contributed by atoms with van der Waals surface area (Å²) in [6.45, 7) is 3.80. The van der Waals surface area contributed by atoms with Crippen molar-refractivity contribution in [3.05, 3.63) is 63.7 Å². The molecule has 2 aromatic rings. The summed E-state index contributed by atoms with van der Waals surface area (Å²) in [6, 6.07) is 9.71. The monoisotopic (exact) mass is 303 g/mol. The molecule has 0 spiro atoms. The lowest BCUT2D eigenvalue weighted by molar-refractivity contribution is 0.0696. The number of benzene rings is 2. The minimum Gasteiger partial charge on any atom is -0.478 e. The van der Waals surface area contributed by atoms with Gasteiger partial charge < -0.3 is 10.4 Å². The Hall–Kier alpha value is -2.33. The summed E-state index contributed by atoms with van der Waals surface area (Å²) in [7, 11) is 0. The molecule has 0 bridgehead atoms. The van der Waals surface area contributed by atoms with E-state index in [4.69, 9.17) is 16.7 Å². The lowest BCUT2D eigenvalue weighted by Crippen LogP contribution is -2.14. The largest absolute Gasteiger partial charge is 0.478 e.